The molecule has 3 rings (SSSR count). The number of rotatable bonds is 8. The minimum atomic E-state index is -4.71. The van der Waals surface area contributed by atoms with Gasteiger partial charge in [0.1, 0.15) is 18.1 Å². The zero-order valence-electron chi connectivity index (χ0n) is 15.9. The molecule has 0 aliphatic heterocycles. The fourth-order valence-electron chi connectivity index (χ4n) is 2.85. The first-order valence-electron chi connectivity index (χ1n) is 9.03. The van der Waals surface area contributed by atoms with E-state index < -0.39 is 6.36 Å². The molecular weight excluding hydrogens is 381 g/mol. The summed E-state index contributed by atoms with van der Waals surface area (Å²) in [5.74, 6) is 0.552. The zero-order chi connectivity index (χ0) is 20.7. The number of halogens is 3. The summed E-state index contributed by atoms with van der Waals surface area (Å²) < 4.78 is 47.5. The van der Waals surface area contributed by atoms with Crippen LogP contribution in [-0.4, -0.2) is 23.3 Å². The van der Waals surface area contributed by atoms with Crippen molar-refractivity contribution < 1.29 is 22.6 Å². The van der Waals surface area contributed by atoms with Crippen LogP contribution >= 0.6 is 0 Å². The standard InChI is InChI=1S/C22H21F3N2O2/c1-27(15-18-6-2-3-8-21(18)29-22(23,24)25)14-17-9-11-20(12-10-17)28-16-19-7-4-5-13-26-19/h2-13H,14-16H2,1H3. The maximum atomic E-state index is 12.6. The number of pyridine rings is 1. The first-order valence-corrected chi connectivity index (χ1v) is 9.03. The van der Waals surface area contributed by atoms with Gasteiger partial charge in [0.15, 0.2) is 0 Å². The van der Waals surface area contributed by atoms with Crippen molar-refractivity contribution in [3.05, 3.63) is 89.7 Å². The van der Waals surface area contributed by atoms with Crippen LogP contribution in [-0.2, 0) is 19.7 Å². The fraction of sp³-hybridized carbons (Fsp3) is 0.227. The Morgan fingerprint density at radius 1 is 0.897 bits per heavy atom. The Morgan fingerprint density at radius 3 is 2.31 bits per heavy atom. The van der Waals surface area contributed by atoms with Gasteiger partial charge < -0.3 is 9.47 Å². The summed E-state index contributed by atoms with van der Waals surface area (Å²) in [6.45, 7) is 1.28. The molecular formula is C22H21F3N2O2. The van der Waals surface area contributed by atoms with E-state index >= 15 is 0 Å². The van der Waals surface area contributed by atoms with Crippen molar-refractivity contribution in [1.82, 2.24) is 9.88 Å². The summed E-state index contributed by atoms with van der Waals surface area (Å²) in [4.78, 5) is 6.13. The molecule has 0 radical (unpaired) electrons. The second-order valence-corrected chi connectivity index (χ2v) is 6.58. The van der Waals surface area contributed by atoms with Crippen LogP contribution in [0.15, 0.2) is 72.9 Å². The molecule has 152 valence electrons. The summed E-state index contributed by atoms with van der Waals surface area (Å²) in [7, 11) is 1.84. The molecule has 7 heteroatoms. The molecule has 0 fully saturated rings. The van der Waals surface area contributed by atoms with Gasteiger partial charge in [-0.3, -0.25) is 9.88 Å². The van der Waals surface area contributed by atoms with Crippen LogP contribution < -0.4 is 9.47 Å². The van der Waals surface area contributed by atoms with Crippen molar-refractivity contribution in [2.75, 3.05) is 7.05 Å². The molecule has 0 unspecified atom stereocenters. The number of alkyl halides is 3. The fourth-order valence-corrected chi connectivity index (χ4v) is 2.85. The molecule has 0 saturated heterocycles. The quantitative estimate of drug-likeness (QED) is 0.519. The van der Waals surface area contributed by atoms with Gasteiger partial charge in [-0.1, -0.05) is 36.4 Å². The summed E-state index contributed by atoms with van der Waals surface area (Å²) in [6.07, 6.45) is -2.99. The van der Waals surface area contributed by atoms with Gasteiger partial charge in [0.2, 0.25) is 0 Å². The lowest BCUT2D eigenvalue weighted by Crippen LogP contribution is -2.21. The van der Waals surface area contributed by atoms with E-state index in [0.717, 1.165) is 17.0 Å². The molecule has 0 bridgehead atoms. The third kappa shape index (κ3) is 6.80. The Morgan fingerprint density at radius 2 is 1.62 bits per heavy atom. The van der Waals surface area contributed by atoms with Crippen molar-refractivity contribution in [1.29, 1.82) is 0 Å². The summed E-state index contributed by atoms with van der Waals surface area (Å²) in [5.41, 5.74) is 2.34. The summed E-state index contributed by atoms with van der Waals surface area (Å²) >= 11 is 0. The smallest absolute Gasteiger partial charge is 0.487 e. The molecule has 0 atom stereocenters. The predicted octanol–water partition coefficient (Wildman–Crippen LogP) is 5.19. The maximum Gasteiger partial charge on any atom is 0.573 e. The number of ether oxygens (including phenoxy) is 2. The van der Waals surface area contributed by atoms with Gasteiger partial charge in [-0.15, -0.1) is 13.2 Å². The molecule has 3 aromatic rings. The van der Waals surface area contributed by atoms with E-state index in [9.17, 15) is 13.2 Å². The zero-order valence-corrected chi connectivity index (χ0v) is 15.9. The molecule has 1 aromatic heterocycles. The highest BCUT2D eigenvalue weighted by atomic mass is 19.4. The number of nitrogens with zero attached hydrogens (tertiary/aromatic N) is 2. The van der Waals surface area contributed by atoms with E-state index in [-0.39, 0.29) is 5.75 Å². The van der Waals surface area contributed by atoms with E-state index in [1.165, 1.54) is 12.1 Å². The van der Waals surface area contributed by atoms with Crippen molar-refractivity contribution in [2.45, 2.75) is 26.1 Å². The Kier molecular flexibility index (Phi) is 6.72. The van der Waals surface area contributed by atoms with Gasteiger partial charge in [0, 0.05) is 24.8 Å². The van der Waals surface area contributed by atoms with Crippen LogP contribution in [0.5, 0.6) is 11.5 Å². The summed E-state index contributed by atoms with van der Waals surface area (Å²) in [5, 5.41) is 0. The third-order valence-corrected chi connectivity index (χ3v) is 4.13. The Balaban J connectivity index is 1.55. The average Bonchev–Trinajstić information content (AvgIpc) is 2.69. The van der Waals surface area contributed by atoms with Gasteiger partial charge in [-0.2, -0.15) is 0 Å². The minimum absolute atomic E-state index is 0.176. The highest BCUT2D eigenvalue weighted by molar-refractivity contribution is 5.33. The van der Waals surface area contributed by atoms with E-state index in [1.807, 2.05) is 54.4 Å². The third-order valence-electron chi connectivity index (χ3n) is 4.13. The van der Waals surface area contributed by atoms with E-state index in [0.29, 0.717) is 25.3 Å². The van der Waals surface area contributed by atoms with Gasteiger partial charge in [0.25, 0.3) is 0 Å². The van der Waals surface area contributed by atoms with Crippen LogP contribution in [0.25, 0.3) is 0 Å². The monoisotopic (exact) mass is 402 g/mol. The molecule has 0 N–H and O–H groups in total. The molecule has 0 aliphatic rings. The highest BCUT2D eigenvalue weighted by Crippen LogP contribution is 2.27. The average molecular weight is 402 g/mol. The number of para-hydroxylation sites is 1. The lowest BCUT2D eigenvalue weighted by Gasteiger charge is -2.19. The molecule has 0 spiro atoms. The second kappa shape index (κ2) is 9.43. The molecule has 29 heavy (non-hydrogen) atoms. The lowest BCUT2D eigenvalue weighted by molar-refractivity contribution is -0.275. The van der Waals surface area contributed by atoms with Crippen molar-refractivity contribution in [2.24, 2.45) is 0 Å². The van der Waals surface area contributed by atoms with Crippen molar-refractivity contribution in [3.63, 3.8) is 0 Å². The van der Waals surface area contributed by atoms with E-state index in [2.05, 4.69) is 9.72 Å². The minimum Gasteiger partial charge on any atom is -0.487 e. The van der Waals surface area contributed by atoms with Gasteiger partial charge in [0.05, 0.1) is 5.69 Å². The van der Waals surface area contributed by atoms with Gasteiger partial charge >= 0.3 is 6.36 Å². The molecule has 0 amide bonds. The van der Waals surface area contributed by atoms with E-state index in [4.69, 9.17) is 4.74 Å². The van der Waals surface area contributed by atoms with E-state index in [1.54, 1.807) is 18.3 Å². The molecule has 0 aliphatic carbocycles. The summed E-state index contributed by atoms with van der Waals surface area (Å²) in [6, 6.07) is 19.4. The highest BCUT2D eigenvalue weighted by Gasteiger charge is 2.32. The molecule has 0 saturated carbocycles. The van der Waals surface area contributed by atoms with Crippen LogP contribution in [0.4, 0.5) is 13.2 Å². The SMILES string of the molecule is CN(Cc1ccc(OCc2ccccn2)cc1)Cc1ccccc1OC(F)(F)F. The van der Waals surface area contributed by atoms with Crippen LogP contribution in [0.1, 0.15) is 16.8 Å². The van der Waals surface area contributed by atoms with Gasteiger partial charge in [-0.25, -0.2) is 0 Å². The topological polar surface area (TPSA) is 34.6 Å². The molecule has 2 aromatic carbocycles. The largest absolute Gasteiger partial charge is 0.573 e. The lowest BCUT2D eigenvalue weighted by atomic mass is 10.1. The van der Waals surface area contributed by atoms with Crippen molar-refractivity contribution >= 4 is 0 Å². The van der Waals surface area contributed by atoms with Crippen molar-refractivity contribution in [3.8, 4) is 11.5 Å². The number of benzene rings is 2. The second-order valence-electron chi connectivity index (χ2n) is 6.58. The van der Waals surface area contributed by atoms with Gasteiger partial charge in [-0.05, 0) is 42.9 Å². The number of hydrogen-bond donors (Lipinski definition) is 0. The molecule has 4 nitrogen and oxygen atoms in total. The predicted molar refractivity (Wildman–Crippen MR) is 103 cm³/mol. The number of hydrogen-bond acceptors (Lipinski definition) is 4. The Bertz CT molecular complexity index is 900. The number of aromatic nitrogens is 1. The maximum absolute atomic E-state index is 12.6. The van der Waals surface area contributed by atoms with Crippen LogP contribution in [0.3, 0.4) is 0 Å². The first-order chi connectivity index (χ1) is 13.9. The van der Waals surface area contributed by atoms with Crippen LogP contribution in [0.2, 0.25) is 0 Å². The normalized spacial score (nSPS) is 11.5. The van der Waals surface area contributed by atoms with Crippen LogP contribution in [0, 0.1) is 0 Å². The first kappa shape index (κ1) is 20.7. The Labute approximate surface area is 167 Å². The Hall–Kier alpha value is -3.06. The molecule has 1 heterocycles.